The van der Waals surface area contributed by atoms with Crippen molar-refractivity contribution in [1.82, 2.24) is 0 Å². The van der Waals surface area contributed by atoms with Crippen LogP contribution in [0.4, 0.5) is 0 Å². The Labute approximate surface area is 206 Å². The van der Waals surface area contributed by atoms with Gasteiger partial charge in [-0.1, -0.05) is 0 Å². The molecule has 0 spiro atoms. The van der Waals surface area contributed by atoms with Crippen LogP contribution in [0.25, 0.3) is 11.1 Å². The minimum Gasteiger partial charge on any atom is -1.00 e. The number of fused-ring (bicyclic) bond motifs is 3. The van der Waals surface area contributed by atoms with Crippen LogP contribution in [0.1, 0.15) is 41.2 Å². The van der Waals surface area contributed by atoms with Crippen molar-refractivity contribution >= 4 is 6.48 Å². The van der Waals surface area contributed by atoms with Gasteiger partial charge in [-0.15, -0.1) is 0 Å². The molecule has 3 aromatic rings. The van der Waals surface area contributed by atoms with Crippen LogP contribution in [0.15, 0.2) is 82.2 Å². The Balaban J connectivity index is 0.00000136. The van der Waals surface area contributed by atoms with Gasteiger partial charge in [-0.3, -0.25) is 0 Å². The van der Waals surface area contributed by atoms with Gasteiger partial charge in [-0.25, -0.2) is 0 Å². The summed E-state index contributed by atoms with van der Waals surface area (Å²) in [5, 5.41) is 0. The summed E-state index contributed by atoms with van der Waals surface area (Å²) < 4.78 is 5.07. The predicted molar refractivity (Wildman–Crippen MR) is 122 cm³/mol. The molecule has 0 radical (unpaired) electrons. The van der Waals surface area contributed by atoms with Gasteiger partial charge < -0.3 is 24.8 Å². The molecule has 156 valence electrons. The standard InChI is InChI=1S/C15H13.C8H8.C5H5.2ClH.Zr/c1-10-3-5-14-12(7-10)9-13-8-11(2)4-6-15(13)14;1-2-8-6-4-3-5-7-8;1-2-4-5-3-1;;;/h3-7H,9H2,1-2H3;3-7H,1H3;1-3H,4H2;2*1H;/q;;;;;+2/p-2. The molecule has 0 aromatic heterocycles. The van der Waals surface area contributed by atoms with Crippen LogP contribution in [0.5, 0.6) is 0 Å². The van der Waals surface area contributed by atoms with Gasteiger partial charge in [0.2, 0.25) is 0 Å². The topological polar surface area (TPSA) is 0 Å². The number of hydrogen-bond donors (Lipinski definition) is 0. The van der Waals surface area contributed by atoms with E-state index < -0.39 is 21.3 Å². The molecular formula is C28H26Cl2Zr. The van der Waals surface area contributed by atoms with Gasteiger partial charge >= 0.3 is 182 Å². The molecule has 0 aliphatic heterocycles. The maximum absolute atomic E-state index is 2.42. The maximum Gasteiger partial charge on any atom is -1.00 e. The van der Waals surface area contributed by atoms with Gasteiger partial charge in [-0.2, -0.15) is 0 Å². The molecule has 0 unspecified atom stereocenters. The van der Waals surface area contributed by atoms with Crippen LogP contribution in [-0.4, -0.2) is 3.21 Å². The number of rotatable bonds is 3. The van der Waals surface area contributed by atoms with E-state index in [1.54, 1.807) is 15.3 Å². The minimum absolute atomic E-state index is 0. The molecule has 0 fully saturated rings. The smallest absolute Gasteiger partial charge is 1.00 e. The quantitative estimate of drug-likeness (QED) is 0.360. The van der Waals surface area contributed by atoms with E-state index in [0.29, 0.717) is 0 Å². The zero-order valence-electron chi connectivity index (χ0n) is 18.2. The molecular weight excluding hydrogens is 498 g/mol. The summed E-state index contributed by atoms with van der Waals surface area (Å²) in [5.41, 5.74) is 10.3. The first kappa shape index (κ1) is 24.1. The Kier molecular flexibility index (Phi) is 7.74. The second-order valence-electron chi connectivity index (χ2n) is 8.31. The van der Waals surface area contributed by atoms with Gasteiger partial charge in [0.1, 0.15) is 0 Å². The number of benzene rings is 3. The van der Waals surface area contributed by atoms with Gasteiger partial charge in [0.25, 0.3) is 0 Å². The molecule has 0 bridgehead atoms. The first-order chi connectivity index (χ1) is 14.1. The van der Waals surface area contributed by atoms with Crippen LogP contribution in [0.3, 0.4) is 0 Å². The number of allylic oxidation sites excluding steroid dienone is 4. The summed E-state index contributed by atoms with van der Waals surface area (Å²) >= 11 is -2.23. The maximum atomic E-state index is 2.42. The molecule has 0 saturated heterocycles. The third-order valence-corrected chi connectivity index (χ3v) is 14.3. The Morgan fingerprint density at radius 1 is 0.871 bits per heavy atom. The van der Waals surface area contributed by atoms with Gasteiger partial charge in [0.15, 0.2) is 0 Å². The molecule has 0 atom stereocenters. The summed E-state index contributed by atoms with van der Waals surface area (Å²) in [5.74, 6) is 0. The molecule has 0 heterocycles. The summed E-state index contributed by atoms with van der Waals surface area (Å²) in [4.78, 5) is 0. The minimum atomic E-state index is -2.23. The van der Waals surface area contributed by atoms with E-state index in [4.69, 9.17) is 0 Å². The van der Waals surface area contributed by atoms with Crippen LogP contribution < -0.4 is 28.1 Å². The predicted octanol–water partition coefficient (Wildman–Crippen LogP) is 0.211. The van der Waals surface area contributed by atoms with E-state index >= 15 is 0 Å². The SMILES string of the molecule is C/[C](c1ccccc1)=[Zr+2](\[C]1=CC=CC1)[c]1c(C)ccc2c1Cc1cc(C)ccc1-2.[Cl-].[Cl-]. The number of aryl methyl sites for hydroxylation is 2. The molecule has 3 heteroatoms. The summed E-state index contributed by atoms with van der Waals surface area (Å²) in [6.07, 6.45) is 9.26. The third-order valence-electron chi connectivity index (χ3n) is 6.36. The largest absolute Gasteiger partial charge is 1.00 e. The van der Waals surface area contributed by atoms with Crippen LogP contribution in [-0.2, 0) is 27.7 Å². The summed E-state index contributed by atoms with van der Waals surface area (Å²) in [6.45, 7) is 6.96. The Bertz CT molecular complexity index is 1220. The van der Waals surface area contributed by atoms with Crippen molar-refractivity contribution in [2.75, 3.05) is 0 Å². The van der Waals surface area contributed by atoms with E-state index in [-0.39, 0.29) is 24.8 Å². The van der Waals surface area contributed by atoms with Crippen molar-refractivity contribution in [3.8, 4) is 11.1 Å². The average Bonchev–Trinajstić information content (AvgIpc) is 3.38. The first-order valence-corrected chi connectivity index (χ1v) is 14.2. The van der Waals surface area contributed by atoms with Crippen molar-refractivity contribution in [2.45, 2.75) is 33.6 Å². The molecule has 31 heavy (non-hydrogen) atoms. The van der Waals surface area contributed by atoms with Crippen LogP contribution >= 0.6 is 0 Å². The molecule has 3 aromatic carbocycles. The Morgan fingerprint density at radius 3 is 2.32 bits per heavy atom. The van der Waals surface area contributed by atoms with E-state index in [1.807, 2.05) is 0 Å². The zero-order chi connectivity index (χ0) is 20.0. The van der Waals surface area contributed by atoms with Crippen molar-refractivity contribution in [2.24, 2.45) is 0 Å². The monoisotopic (exact) mass is 522 g/mol. The fourth-order valence-corrected chi connectivity index (χ4v) is 12.8. The molecule has 0 nitrogen and oxygen atoms in total. The van der Waals surface area contributed by atoms with Gasteiger partial charge in [0.05, 0.1) is 0 Å². The molecule has 0 amide bonds. The second-order valence-corrected chi connectivity index (χ2v) is 14.8. The van der Waals surface area contributed by atoms with Crippen molar-refractivity contribution in [3.05, 3.63) is 110 Å². The second kappa shape index (κ2) is 9.95. The Hall–Kier alpha value is -1.53. The van der Waals surface area contributed by atoms with Crippen LogP contribution in [0.2, 0.25) is 0 Å². The fraction of sp³-hybridized carbons (Fsp3) is 0.179. The van der Waals surface area contributed by atoms with E-state index in [1.165, 1.54) is 33.4 Å². The molecule has 0 saturated carbocycles. The van der Waals surface area contributed by atoms with Gasteiger partial charge in [-0.05, 0) is 0 Å². The van der Waals surface area contributed by atoms with Crippen molar-refractivity contribution in [1.29, 1.82) is 0 Å². The van der Waals surface area contributed by atoms with E-state index in [2.05, 4.69) is 99.7 Å². The average molecular weight is 525 g/mol. The number of hydrogen-bond acceptors (Lipinski definition) is 0. The Morgan fingerprint density at radius 2 is 1.61 bits per heavy atom. The van der Waals surface area contributed by atoms with E-state index in [9.17, 15) is 0 Å². The number of halogens is 2. The normalized spacial score (nSPS) is 13.5. The molecule has 2 aliphatic rings. The fourth-order valence-electron chi connectivity index (χ4n) is 4.92. The zero-order valence-corrected chi connectivity index (χ0v) is 22.1. The van der Waals surface area contributed by atoms with Crippen molar-refractivity contribution in [3.63, 3.8) is 0 Å². The van der Waals surface area contributed by atoms with Crippen LogP contribution in [0, 0.1) is 13.8 Å². The molecule has 5 rings (SSSR count). The van der Waals surface area contributed by atoms with Gasteiger partial charge in [0, 0.05) is 0 Å². The molecule has 2 aliphatic carbocycles. The summed E-state index contributed by atoms with van der Waals surface area (Å²) in [7, 11) is 0. The van der Waals surface area contributed by atoms with E-state index in [0.717, 1.165) is 12.8 Å². The molecule has 0 N–H and O–H groups in total. The first-order valence-electron chi connectivity index (χ1n) is 10.5. The summed E-state index contributed by atoms with van der Waals surface area (Å²) in [6, 6.07) is 22.8. The third kappa shape index (κ3) is 4.38. The van der Waals surface area contributed by atoms with Crippen molar-refractivity contribution < 1.29 is 46.1 Å².